The minimum Gasteiger partial charge on any atom is -0.465 e. The van der Waals surface area contributed by atoms with Crippen LogP contribution in [-0.4, -0.2) is 35.1 Å². The highest BCUT2D eigenvalue weighted by atomic mass is 16.4. The lowest BCUT2D eigenvalue weighted by molar-refractivity contribution is -0.118. The molecule has 0 spiro atoms. The Labute approximate surface area is 89.2 Å². The van der Waals surface area contributed by atoms with E-state index in [0.717, 1.165) is 25.7 Å². The van der Waals surface area contributed by atoms with Crippen LogP contribution in [0, 0.1) is 5.92 Å². The lowest BCUT2D eigenvalue weighted by Gasteiger charge is -2.29. The van der Waals surface area contributed by atoms with Crippen LogP contribution in [0.2, 0.25) is 0 Å². The monoisotopic (exact) mass is 214 g/mol. The maximum absolute atomic E-state index is 10.6. The van der Waals surface area contributed by atoms with Gasteiger partial charge in [-0.25, -0.2) is 4.79 Å². The van der Waals surface area contributed by atoms with Gasteiger partial charge in [0.25, 0.3) is 0 Å². The van der Waals surface area contributed by atoms with Gasteiger partial charge in [-0.05, 0) is 31.6 Å². The van der Waals surface area contributed by atoms with Crippen LogP contribution in [0.15, 0.2) is 0 Å². The zero-order chi connectivity index (χ0) is 11.3. The minimum atomic E-state index is -0.828. The lowest BCUT2D eigenvalue weighted by Crippen LogP contribution is -2.37. The van der Waals surface area contributed by atoms with E-state index in [1.165, 1.54) is 4.90 Å². The molecule has 0 aliphatic carbocycles. The molecule has 0 radical (unpaired) electrons. The van der Waals surface area contributed by atoms with Gasteiger partial charge in [0.05, 0.1) is 0 Å². The fourth-order valence-corrected chi connectivity index (χ4v) is 1.98. The number of hydrogen-bond acceptors (Lipinski definition) is 2. The summed E-state index contributed by atoms with van der Waals surface area (Å²) < 4.78 is 0. The maximum atomic E-state index is 10.6. The van der Waals surface area contributed by atoms with E-state index in [2.05, 4.69) is 0 Å². The Morgan fingerprint density at radius 3 is 2.40 bits per heavy atom. The van der Waals surface area contributed by atoms with Crippen LogP contribution in [0.3, 0.4) is 0 Å². The normalized spacial score (nSPS) is 17.7. The Bertz CT molecular complexity index is 232. The highest BCUT2D eigenvalue weighted by Gasteiger charge is 2.21. The number of carboxylic acid groups (broad SMARTS) is 1. The van der Waals surface area contributed by atoms with Gasteiger partial charge in [-0.15, -0.1) is 0 Å². The van der Waals surface area contributed by atoms with Crippen LogP contribution < -0.4 is 5.73 Å². The number of rotatable bonds is 4. The fourth-order valence-electron chi connectivity index (χ4n) is 1.98. The summed E-state index contributed by atoms with van der Waals surface area (Å²) in [5.41, 5.74) is 5.04. The van der Waals surface area contributed by atoms with Crippen LogP contribution in [0.25, 0.3) is 0 Å². The molecule has 0 saturated carbocycles. The molecule has 5 nitrogen and oxygen atoms in total. The molecule has 0 aromatic carbocycles. The molecule has 3 N–H and O–H groups in total. The molecule has 0 bridgehead atoms. The van der Waals surface area contributed by atoms with Crippen molar-refractivity contribution in [2.24, 2.45) is 11.7 Å². The topological polar surface area (TPSA) is 83.6 Å². The number of nitrogens with two attached hydrogens (primary N) is 1. The molecule has 1 saturated heterocycles. The Morgan fingerprint density at radius 1 is 1.33 bits per heavy atom. The van der Waals surface area contributed by atoms with Crippen LogP contribution in [0.5, 0.6) is 0 Å². The van der Waals surface area contributed by atoms with E-state index < -0.39 is 6.09 Å². The molecular weight excluding hydrogens is 196 g/mol. The van der Waals surface area contributed by atoms with Gasteiger partial charge in [-0.3, -0.25) is 4.79 Å². The molecule has 0 atom stereocenters. The van der Waals surface area contributed by atoms with E-state index in [0.29, 0.717) is 25.4 Å². The van der Waals surface area contributed by atoms with Crippen molar-refractivity contribution in [1.29, 1.82) is 0 Å². The van der Waals surface area contributed by atoms with Gasteiger partial charge in [-0.1, -0.05) is 0 Å². The zero-order valence-electron chi connectivity index (χ0n) is 8.82. The SMILES string of the molecule is NC(=O)CCCC1CCN(C(=O)O)CC1. The molecule has 0 unspecified atom stereocenters. The quantitative estimate of drug-likeness (QED) is 0.733. The van der Waals surface area contributed by atoms with E-state index in [9.17, 15) is 9.59 Å². The van der Waals surface area contributed by atoms with E-state index in [4.69, 9.17) is 10.8 Å². The molecule has 0 aromatic rings. The second-order valence-electron chi connectivity index (χ2n) is 4.07. The highest BCUT2D eigenvalue weighted by molar-refractivity contribution is 5.73. The average molecular weight is 214 g/mol. The van der Waals surface area contributed by atoms with E-state index >= 15 is 0 Å². The van der Waals surface area contributed by atoms with E-state index in [1.807, 2.05) is 0 Å². The average Bonchev–Trinajstić information content (AvgIpc) is 2.18. The molecule has 0 aromatic heterocycles. The van der Waals surface area contributed by atoms with Gasteiger partial charge < -0.3 is 15.7 Å². The number of piperidine rings is 1. The number of likely N-dealkylation sites (tertiary alicyclic amines) is 1. The Balaban J connectivity index is 2.14. The summed E-state index contributed by atoms with van der Waals surface area (Å²) in [6.45, 7) is 1.24. The van der Waals surface area contributed by atoms with Crippen molar-refractivity contribution < 1.29 is 14.7 Å². The van der Waals surface area contributed by atoms with E-state index in [1.54, 1.807) is 0 Å². The summed E-state index contributed by atoms with van der Waals surface area (Å²) in [5.74, 6) is 0.304. The predicted molar refractivity (Wildman–Crippen MR) is 55.4 cm³/mol. The summed E-state index contributed by atoms with van der Waals surface area (Å²) in [7, 11) is 0. The third-order valence-corrected chi connectivity index (χ3v) is 2.92. The lowest BCUT2D eigenvalue weighted by atomic mass is 9.92. The zero-order valence-corrected chi connectivity index (χ0v) is 8.82. The predicted octanol–water partition coefficient (Wildman–Crippen LogP) is 1.03. The summed E-state index contributed by atoms with van der Waals surface area (Å²) >= 11 is 0. The summed E-state index contributed by atoms with van der Waals surface area (Å²) in [5, 5.41) is 8.74. The summed E-state index contributed by atoms with van der Waals surface area (Å²) in [6.07, 6.45) is 3.24. The second kappa shape index (κ2) is 5.58. The molecule has 5 heteroatoms. The second-order valence-corrected chi connectivity index (χ2v) is 4.07. The van der Waals surface area contributed by atoms with Gasteiger partial charge in [-0.2, -0.15) is 0 Å². The third-order valence-electron chi connectivity index (χ3n) is 2.92. The molecular formula is C10H18N2O3. The molecule has 1 fully saturated rings. The number of carbonyl (C=O) groups is 2. The highest BCUT2D eigenvalue weighted by Crippen LogP contribution is 2.22. The molecule has 1 aliphatic heterocycles. The van der Waals surface area contributed by atoms with Gasteiger partial charge in [0.1, 0.15) is 0 Å². The summed E-state index contributed by atoms with van der Waals surface area (Å²) in [6, 6.07) is 0. The van der Waals surface area contributed by atoms with Gasteiger partial charge in [0.15, 0.2) is 0 Å². The molecule has 15 heavy (non-hydrogen) atoms. The molecule has 2 amide bonds. The van der Waals surface area contributed by atoms with Crippen molar-refractivity contribution in [3.63, 3.8) is 0 Å². The molecule has 1 heterocycles. The van der Waals surface area contributed by atoms with E-state index in [-0.39, 0.29) is 5.91 Å². The first kappa shape index (κ1) is 11.8. The standard InChI is InChI=1S/C10H18N2O3/c11-9(13)3-1-2-8-4-6-12(7-5-8)10(14)15/h8H,1-7H2,(H2,11,13)(H,14,15). The van der Waals surface area contributed by atoms with Crippen molar-refractivity contribution in [3.8, 4) is 0 Å². The van der Waals surface area contributed by atoms with Crippen molar-refractivity contribution in [2.75, 3.05) is 13.1 Å². The first-order chi connectivity index (χ1) is 7.09. The summed E-state index contributed by atoms with van der Waals surface area (Å²) in [4.78, 5) is 22.6. The molecule has 1 aliphatic rings. The van der Waals surface area contributed by atoms with Crippen molar-refractivity contribution in [2.45, 2.75) is 32.1 Å². The number of nitrogens with zero attached hydrogens (tertiary/aromatic N) is 1. The first-order valence-electron chi connectivity index (χ1n) is 5.35. The minimum absolute atomic E-state index is 0.252. The third kappa shape index (κ3) is 4.18. The van der Waals surface area contributed by atoms with Crippen LogP contribution in [0.1, 0.15) is 32.1 Å². The smallest absolute Gasteiger partial charge is 0.407 e. The van der Waals surface area contributed by atoms with Crippen molar-refractivity contribution >= 4 is 12.0 Å². The molecule has 1 rings (SSSR count). The fraction of sp³-hybridized carbons (Fsp3) is 0.800. The van der Waals surface area contributed by atoms with Crippen molar-refractivity contribution in [1.82, 2.24) is 4.90 Å². The number of carbonyl (C=O) groups excluding carboxylic acids is 1. The Morgan fingerprint density at radius 2 is 1.93 bits per heavy atom. The van der Waals surface area contributed by atoms with Gasteiger partial charge in [0, 0.05) is 19.5 Å². The van der Waals surface area contributed by atoms with Crippen LogP contribution >= 0.6 is 0 Å². The largest absolute Gasteiger partial charge is 0.465 e. The van der Waals surface area contributed by atoms with Gasteiger partial charge >= 0.3 is 6.09 Å². The van der Waals surface area contributed by atoms with Crippen LogP contribution in [0.4, 0.5) is 4.79 Å². The van der Waals surface area contributed by atoms with Crippen molar-refractivity contribution in [3.05, 3.63) is 0 Å². The van der Waals surface area contributed by atoms with Gasteiger partial charge in [0.2, 0.25) is 5.91 Å². The Hall–Kier alpha value is -1.26. The first-order valence-corrected chi connectivity index (χ1v) is 5.35. The number of primary amides is 1. The number of hydrogen-bond donors (Lipinski definition) is 2. The Kier molecular flexibility index (Phi) is 4.39. The molecule has 86 valence electrons. The van der Waals surface area contributed by atoms with Crippen LogP contribution in [-0.2, 0) is 4.79 Å². The maximum Gasteiger partial charge on any atom is 0.407 e. The number of amides is 2.